The van der Waals surface area contributed by atoms with E-state index in [1.165, 1.54) is 6.20 Å². The van der Waals surface area contributed by atoms with Crippen molar-refractivity contribution in [2.75, 3.05) is 13.1 Å². The van der Waals surface area contributed by atoms with Crippen LogP contribution in [0, 0.1) is 11.8 Å². The number of amides is 1. The van der Waals surface area contributed by atoms with E-state index >= 15 is 0 Å². The molecule has 0 saturated carbocycles. The first-order valence-corrected chi connectivity index (χ1v) is 7.03. The van der Waals surface area contributed by atoms with E-state index in [0.29, 0.717) is 18.0 Å². The smallest absolute Gasteiger partial charge is 0.308 e. The van der Waals surface area contributed by atoms with Crippen molar-refractivity contribution in [2.24, 2.45) is 11.8 Å². The van der Waals surface area contributed by atoms with Crippen molar-refractivity contribution in [1.82, 2.24) is 9.88 Å². The van der Waals surface area contributed by atoms with Crippen LogP contribution in [0.1, 0.15) is 31.1 Å². The van der Waals surface area contributed by atoms with Gasteiger partial charge in [-0.05, 0) is 25.8 Å². The van der Waals surface area contributed by atoms with Crippen LogP contribution in [0.2, 0.25) is 0 Å². The molecular weight excluding hydrogens is 272 g/mol. The summed E-state index contributed by atoms with van der Waals surface area (Å²) < 4.78 is 5.43. The second kappa shape index (κ2) is 6.11. The Bertz CT molecular complexity index is 527. The minimum Gasteiger partial charge on any atom is -0.481 e. The van der Waals surface area contributed by atoms with E-state index in [0.717, 1.165) is 0 Å². The van der Waals surface area contributed by atoms with Crippen molar-refractivity contribution < 1.29 is 19.4 Å². The van der Waals surface area contributed by atoms with E-state index in [9.17, 15) is 9.59 Å². The third-order valence-corrected chi connectivity index (χ3v) is 3.56. The molecule has 21 heavy (non-hydrogen) atoms. The molecule has 1 N–H and O–H groups in total. The third-order valence-electron chi connectivity index (χ3n) is 3.56. The molecule has 1 aromatic heterocycles. The van der Waals surface area contributed by atoms with E-state index in [1.54, 1.807) is 17.0 Å². The second-order valence-electron chi connectivity index (χ2n) is 5.68. The Morgan fingerprint density at radius 3 is 2.57 bits per heavy atom. The highest BCUT2D eigenvalue weighted by Crippen LogP contribution is 2.24. The molecule has 1 fully saturated rings. The Kier molecular flexibility index (Phi) is 4.45. The fourth-order valence-corrected chi connectivity index (χ4v) is 2.45. The van der Waals surface area contributed by atoms with Gasteiger partial charge < -0.3 is 14.7 Å². The lowest BCUT2D eigenvalue weighted by Gasteiger charge is -2.16. The average molecular weight is 292 g/mol. The molecule has 1 aromatic rings. The molecule has 0 aliphatic carbocycles. The number of aromatic nitrogens is 1. The van der Waals surface area contributed by atoms with Crippen molar-refractivity contribution in [2.45, 2.75) is 26.9 Å². The van der Waals surface area contributed by atoms with E-state index in [2.05, 4.69) is 4.98 Å². The summed E-state index contributed by atoms with van der Waals surface area (Å²) in [7, 11) is 0. The van der Waals surface area contributed by atoms with Gasteiger partial charge in [-0.1, -0.05) is 6.92 Å². The molecule has 1 amide bonds. The van der Waals surface area contributed by atoms with Gasteiger partial charge >= 0.3 is 5.97 Å². The average Bonchev–Trinajstić information content (AvgIpc) is 2.80. The van der Waals surface area contributed by atoms with E-state index in [-0.39, 0.29) is 24.5 Å². The lowest BCUT2D eigenvalue weighted by molar-refractivity contribution is -0.142. The molecule has 0 spiro atoms. The molecule has 2 rings (SSSR count). The van der Waals surface area contributed by atoms with Crippen molar-refractivity contribution in [1.29, 1.82) is 0 Å². The Morgan fingerprint density at radius 1 is 1.38 bits per heavy atom. The molecule has 1 aliphatic heterocycles. The Labute approximate surface area is 123 Å². The Hall–Kier alpha value is -2.11. The monoisotopic (exact) mass is 292 g/mol. The van der Waals surface area contributed by atoms with Crippen molar-refractivity contribution in [3.8, 4) is 5.88 Å². The molecule has 0 unspecified atom stereocenters. The largest absolute Gasteiger partial charge is 0.481 e. The molecular formula is C15H20N2O4. The zero-order valence-corrected chi connectivity index (χ0v) is 12.4. The van der Waals surface area contributed by atoms with Crippen LogP contribution in [0.3, 0.4) is 0 Å². The van der Waals surface area contributed by atoms with E-state index < -0.39 is 11.9 Å². The van der Waals surface area contributed by atoms with Gasteiger partial charge in [-0.3, -0.25) is 9.59 Å². The summed E-state index contributed by atoms with van der Waals surface area (Å²) in [4.78, 5) is 29.1. The highest BCUT2D eigenvalue weighted by Gasteiger charge is 2.37. The molecule has 6 nitrogen and oxygen atoms in total. The SMILES string of the molecule is CC(C)Oc1ccc(C(=O)N2C[C@@H](C)[C@H](C(=O)O)C2)cn1. The topological polar surface area (TPSA) is 79.7 Å². The summed E-state index contributed by atoms with van der Waals surface area (Å²) in [6.07, 6.45) is 1.49. The summed E-state index contributed by atoms with van der Waals surface area (Å²) in [5.74, 6) is -1.10. The van der Waals surface area contributed by atoms with Crippen molar-refractivity contribution in [3.05, 3.63) is 23.9 Å². The first-order valence-electron chi connectivity index (χ1n) is 7.03. The molecule has 6 heteroatoms. The minimum atomic E-state index is -0.850. The summed E-state index contributed by atoms with van der Waals surface area (Å²) >= 11 is 0. The van der Waals surface area contributed by atoms with Crippen LogP contribution in [0.5, 0.6) is 5.88 Å². The second-order valence-corrected chi connectivity index (χ2v) is 5.68. The molecule has 0 aromatic carbocycles. The van der Waals surface area contributed by atoms with Crippen LogP contribution >= 0.6 is 0 Å². The predicted octanol–water partition coefficient (Wildman–Crippen LogP) is 1.66. The summed E-state index contributed by atoms with van der Waals surface area (Å²) in [6, 6.07) is 3.31. The van der Waals surface area contributed by atoms with Gasteiger partial charge in [-0.2, -0.15) is 0 Å². The quantitative estimate of drug-likeness (QED) is 0.913. The molecule has 114 valence electrons. The number of pyridine rings is 1. The van der Waals surface area contributed by atoms with Crippen molar-refractivity contribution in [3.63, 3.8) is 0 Å². The number of ether oxygens (including phenoxy) is 1. The third kappa shape index (κ3) is 3.51. The highest BCUT2D eigenvalue weighted by molar-refractivity contribution is 5.94. The maximum Gasteiger partial charge on any atom is 0.308 e. The van der Waals surface area contributed by atoms with Crippen LogP contribution in [0.25, 0.3) is 0 Å². The molecule has 1 aliphatic rings. The lowest BCUT2D eigenvalue weighted by atomic mass is 9.99. The number of aliphatic carboxylic acids is 1. The summed E-state index contributed by atoms with van der Waals surface area (Å²) in [5, 5.41) is 9.11. The number of carbonyl (C=O) groups excluding carboxylic acids is 1. The molecule has 0 radical (unpaired) electrons. The summed E-state index contributed by atoms with van der Waals surface area (Å²) in [6.45, 7) is 6.36. The zero-order chi connectivity index (χ0) is 15.6. The number of carboxylic acid groups (broad SMARTS) is 1. The Balaban J connectivity index is 2.05. The number of hydrogen-bond donors (Lipinski definition) is 1. The van der Waals surface area contributed by atoms with Gasteiger partial charge in [0.2, 0.25) is 5.88 Å². The number of rotatable bonds is 4. The number of carbonyl (C=O) groups is 2. The minimum absolute atomic E-state index is 0.0230. The normalized spacial score (nSPS) is 21.6. The van der Waals surface area contributed by atoms with Gasteiger partial charge in [0.05, 0.1) is 17.6 Å². The van der Waals surface area contributed by atoms with Crippen LogP contribution < -0.4 is 4.74 Å². The predicted molar refractivity (Wildman–Crippen MR) is 76.2 cm³/mol. The number of hydrogen-bond acceptors (Lipinski definition) is 4. The fourth-order valence-electron chi connectivity index (χ4n) is 2.45. The lowest BCUT2D eigenvalue weighted by Crippen LogP contribution is -2.30. The van der Waals surface area contributed by atoms with Gasteiger partial charge in [0, 0.05) is 25.4 Å². The standard InChI is InChI=1S/C15H20N2O4/c1-9(2)21-13-5-4-11(6-16-13)14(18)17-7-10(3)12(8-17)15(19)20/h4-6,9-10,12H,7-8H2,1-3H3,(H,19,20)/t10-,12-/m1/s1. The first-order chi connectivity index (χ1) is 9.88. The van der Waals surface area contributed by atoms with Gasteiger partial charge in [0.1, 0.15) is 0 Å². The Morgan fingerprint density at radius 2 is 2.10 bits per heavy atom. The number of carboxylic acids is 1. The van der Waals surface area contributed by atoms with Crippen LogP contribution in [0.4, 0.5) is 0 Å². The van der Waals surface area contributed by atoms with Gasteiger partial charge in [0.25, 0.3) is 5.91 Å². The molecule has 2 heterocycles. The number of likely N-dealkylation sites (tertiary alicyclic amines) is 1. The highest BCUT2D eigenvalue weighted by atomic mass is 16.5. The van der Waals surface area contributed by atoms with Crippen LogP contribution in [-0.2, 0) is 4.79 Å². The first kappa shape index (κ1) is 15.3. The van der Waals surface area contributed by atoms with Gasteiger partial charge in [0.15, 0.2) is 0 Å². The van der Waals surface area contributed by atoms with E-state index in [4.69, 9.17) is 9.84 Å². The summed E-state index contributed by atoms with van der Waals surface area (Å²) in [5.41, 5.74) is 0.448. The maximum atomic E-state index is 12.3. The molecule has 1 saturated heterocycles. The zero-order valence-electron chi connectivity index (χ0n) is 12.4. The number of nitrogens with zero attached hydrogens (tertiary/aromatic N) is 2. The van der Waals surface area contributed by atoms with Crippen LogP contribution in [-0.4, -0.2) is 46.1 Å². The molecule has 2 atom stereocenters. The van der Waals surface area contributed by atoms with Gasteiger partial charge in [-0.15, -0.1) is 0 Å². The van der Waals surface area contributed by atoms with Crippen LogP contribution in [0.15, 0.2) is 18.3 Å². The van der Waals surface area contributed by atoms with Gasteiger partial charge in [-0.25, -0.2) is 4.98 Å². The maximum absolute atomic E-state index is 12.3. The molecule has 0 bridgehead atoms. The fraction of sp³-hybridized carbons (Fsp3) is 0.533. The van der Waals surface area contributed by atoms with E-state index in [1.807, 2.05) is 20.8 Å². The van der Waals surface area contributed by atoms with Crippen molar-refractivity contribution >= 4 is 11.9 Å².